The van der Waals surface area contributed by atoms with E-state index in [2.05, 4.69) is 15.9 Å². The van der Waals surface area contributed by atoms with Gasteiger partial charge in [0.1, 0.15) is 5.82 Å². The molecule has 2 rings (SSSR count). The van der Waals surface area contributed by atoms with Gasteiger partial charge in [0.25, 0.3) is 0 Å². The molecule has 1 atom stereocenters. The Balaban J connectivity index is 2.49. The summed E-state index contributed by atoms with van der Waals surface area (Å²) in [5.41, 5.74) is 3.82. The van der Waals surface area contributed by atoms with Crippen LogP contribution in [0, 0.1) is 19.7 Å². The van der Waals surface area contributed by atoms with Gasteiger partial charge in [-0.1, -0.05) is 39.7 Å². The zero-order valence-electron chi connectivity index (χ0n) is 10.5. The fourth-order valence-corrected chi connectivity index (χ4v) is 3.31. The minimum absolute atomic E-state index is 0.288. The largest absolute Gasteiger partial charge is 0.207 e. The topological polar surface area (TPSA) is 0 Å². The summed E-state index contributed by atoms with van der Waals surface area (Å²) in [6.07, 6.45) is 0. The molecule has 0 spiro atoms. The normalized spacial score (nSPS) is 12.5. The van der Waals surface area contributed by atoms with E-state index in [0.29, 0.717) is 4.47 Å². The van der Waals surface area contributed by atoms with Crippen LogP contribution in [-0.2, 0) is 0 Å². The molecule has 0 fully saturated rings. The molecular weight excluding hydrogens is 350 g/mol. The van der Waals surface area contributed by atoms with E-state index in [0.717, 1.165) is 27.3 Å². The second-order valence-corrected chi connectivity index (χ2v) is 6.18. The molecule has 0 amide bonds. The zero-order chi connectivity index (χ0) is 14.2. The Labute approximate surface area is 130 Å². The average molecular weight is 362 g/mol. The van der Waals surface area contributed by atoms with Crippen molar-refractivity contribution in [1.82, 2.24) is 0 Å². The lowest BCUT2D eigenvalue weighted by Gasteiger charge is -2.16. The summed E-state index contributed by atoms with van der Waals surface area (Å²) >= 11 is 16.0. The van der Waals surface area contributed by atoms with Gasteiger partial charge >= 0.3 is 0 Å². The van der Waals surface area contributed by atoms with Crippen LogP contribution in [0.15, 0.2) is 34.8 Å². The van der Waals surface area contributed by atoms with E-state index in [-0.39, 0.29) is 11.2 Å². The van der Waals surface area contributed by atoms with Gasteiger partial charge in [-0.2, -0.15) is 0 Å². The van der Waals surface area contributed by atoms with Crippen LogP contribution >= 0.6 is 39.1 Å². The zero-order valence-corrected chi connectivity index (χ0v) is 13.6. The van der Waals surface area contributed by atoms with Crippen molar-refractivity contribution in [2.45, 2.75) is 19.2 Å². The fourth-order valence-electron chi connectivity index (χ4n) is 1.95. The Bertz CT molecular complexity index is 626. The first kappa shape index (κ1) is 14.8. The van der Waals surface area contributed by atoms with E-state index in [1.807, 2.05) is 26.0 Å². The van der Waals surface area contributed by atoms with Crippen LogP contribution in [-0.4, -0.2) is 0 Å². The number of benzene rings is 2. The Morgan fingerprint density at radius 2 is 1.74 bits per heavy atom. The Kier molecular flexibility index (Phi) is 4.54. The summed E-state index contributed by atoms with van der Waals surface area (Å²) in [6, 6.07) is 8.40. The molecule has 0 N–H and O–H groups in total. The van der Waals surface area contributed by atoms with Gasteiger partial charge in [-0.3, -0.25) is 0 Å². The lowest BCUT2D eigenvalue weighted by molar-refractivity contribution is 0.626. The molecule has 4 heteroatoms. The second kappa shape index (κ2) is 5.82. The number of alkyl halides is 1. The van der Waals surface area contributed by atoms with E-state index < -0.39 is 0 Å². The molecule has 0 heterocycles. The highest BCUT2D eigenvalue weighted by Crippen LogP contribution is 2.37. The molecule has 0 nitrogen and oxygen atoms in total. The van der Waals surface area contributed by atoms with Crippen molar-refractivity contribution in [3.63, 3.8) is 0 Å². The van der Waals surface area contributed by atoms with Crippen molar-refractivity contribution in [1.29, 1.82) is 0 Å². The van der Waals surface area contributed by atoms with E-state index >= 15 is 0 Å². The molecule has 2 aromatic carbocycles. The van der Waals surface area contributed by atoms with Crippen molar-refractivity contribution in [2.24, 2.45) is 0 Å². The van der Waals surface area contributed by atoms with Crippen LogP contribution < -0.4 is 0 Å². The standard InChI is InChI=1S/C15H12BrCl2F/c1-8-6-14(17)9(2)5-12(8)15(18)11-4-3-10(19)7-13(11)16/h3-7,15H,1-2H3. The van der Waals surface area contributed by atoms with Crippen LogP contribution in [0.25, 0.3) is 0 Å². The molecule has 0 radical (unpaired) electrons. The molecule has 0 saturated heterocycles. The molecule has 19 heavy (non-hydrogen) atoms. The molecule has 0 aliphatic carbocycles. The minimum atomic E-state index is -0.342. The Hall–Kier alpha value is -0.570. The second-order valence-electron chi connectivity index (χ2n) is 4.49. The van der Waals surface area contributed by atoms with Crippen LogP contribution in [0.2, 0.25) is 5.02 Å². The molecule has 2 aromatic rings. The maximum Gasteiger partial charge on any atom is 0.124 e. The minimum Gasteiger partial charge on any atom is -0.207 e. The lowest BCUT2D eigenvalue weighted by Crippen LogP contribution is -1.99. The number of halogens is 4. The van der Waals surface area contributed by atoms with Crippen molar-refractivity contribution >= 4 is 39.1 Å². The molecule has 0 saturated carbocycles. The van der Waals surface area contributed by atoms with Gasteiger partial charge in [-0.25, -0.2) is 4.39 Å². The van der Waals surface area contributed by atoms with Crippen LogP contribution in [0.1, 0.15) is 27.6 Å². The predicted octanol–water partition coefficient (Wildman–Crippen LogP) is 6.19. The van der Waals surface area contributed by atoms with Gasteiger partial charge in [-0.15, -0.1) is 11.6 Å². The summed E-state index contributed by atoms with van der Waals surface area (Å²) in [4.78, 5) is 0. The summed E-state index contributed by atoms with van der Waals surface area (Å²) in [7, 11) is 0. The molecule has 0 bridgehead atoms. The highest BCUT2D eigenvalue weighted by atomic mass is 79.9. The molecule has 0 aliphatic heterocycles. The fraction of sp³-hybridized carbons (Fsp3) is 0.200. The summed E-state index contributed by atoms with van der Waals surface area (Å²) in [5, 5.41) is 0.384. The highest BCUT2D eigenvalue weighted by molar-refractivity contribution is 9.10. The number of aryl methyl sites for hydroxylation is 2. The van der Waals surface area contributed by atoms with Crippen molar-refractivity contribution in [3.8, 4) is 0 Å². The molecular formula is C15H12BrCl2F. The lowest BCUT2D eigenvalue weighted by atomic mass is 9.98. The maximum atomic E-state index is 13.1. The first-order chi connectivity index (χ1) is 8.90. The molecule has 1 unspecified atom stereocenters. The van der Waals surface area contributed by atoms with E-state index in [4.69, 9.17) is 23.2 Å². The van der Waals surface area contributed by atoms with Gasteiger partial charge in [0.2, 0.25) is 0 Å². The number of rotatable bonds is 2. The van der Waals surface area contributed by atoms with Crippen molar-refractivity contribution in [3.05, 3.63) is 67.9 Å². The Morgan fingerprint density at radius 3 is 2.37 bits per heavy atom. The van der Waals surface area contributed by atoms with Crippen LogP contribution in [0.5, 0.6) is 0 Å². The van der Waals surface area contributed by atoms with Gasteiger partial charge in [-0.05, 0) is 54.3 Å². The third-order valence-electron chi connectivity index (χ3n) is 3.06. The van der Waals surface area contributed by atoms with Gasteiger partial charge in [0.05, 0.1) is 5.38 Å². The molecule has 0 aromatic heterocycles. The molecule has 0 aliphatic rings. The van der Waals surface area contributed by atoms with E-state index in [1.54, 1.807) is 6.07 Å². The van der Waals surface area contributed by atoms with Gasteiger partial charge in [0, 0.05) is 9.50 Å². The smallest absolute Gasteiger partial charge is 0.124 e. The van der Waals surface area contributed by atoms with Crippen molar-refractivity contribution < 1.29 is 4.39 Å². The third-order valence-corrected chi connectivity index (χ3v) is 4.62. The average Bonchev–Trinajstić information content (AvgIpc) is 2.33. The first-order valence-electron chi connectivity index (χ1n) is 5.76. The Morgan fingerprint density at radius 1 is 1.05 bits per heavy atom. The quantitative estimate of drug-likeness (QED) is 0.559. The predicted molar refractivity (Wildman–Crippen MR) is 82.7 cm³/mol. The molecule has 100 valence electrons. The summed E-state index contributed by atoms with van der Waals surface area (Å²) in [5.74, 6) is -0.288. The first-order valence-corrected chi connectivity index (χ1v) is 7.36. The highest BCUT2D eigenvalue weighted by Gasteiger charge is 2.17. The van der Waals surface area contributed by atoms with Crippen LogP contribution in [0.4, 0.5) is 4.39 Å². The summed E-state index contributed by atoms with van der Waals surface area (Å²) < 4.78 is 13.8. The number of hydrogen-bond donors (Lipinski definition) is 0. The van der Waals surface area contributed by atoms with Gasteiger partial charge < -0.3 is 0 Å². The van der Waals surface area contributed by atoms with E-state index in [9.17, 15) is 4.39 Å². The van der Waals surface area contributed by atoms with Crippen LogP contribution in [0.3, 0.4) is 0 Å². The SMILES string of the molecule is Cc1cc(C(Cl)c2ccc(F)cc2Br)c(C)cc1Cl. The number of hydrogen-bond acceptors (Lipinski definition) is 0. The van der Waals surface area contributed by atoms with E-state index in [1.165, 1.54) is 12.1 Å². The third kappa shape index (κ3) is 3.13. The maximum absolute atomic E-state index is 13.1. The van der Waals surface area contributed by atoms with Gasteiger partial charge in [0.15, 0.2) is 0 Å². The van der Waals surface area contributed by atoms with Crippen molar-refractivity contribution in [2.75, 3.05) is 0 Å². The summed E-state index contributed by atoms with van der Waals surface area (Å²) in [6.45, 7) is 3.90. The monoisotopic (exact) mass is 360 g/mol.